The number of thioether (sulfide) groups is 1. The van der Waals surface area contributed by atoms with Crippen LogP contribution in [-0.4, -0.2) is 25.4 Å². The number of fused-ring (bicyclic) bond motifs is 1. The number of piperidine rings is 1. The first-order valence-corrected chi connectivity index (χ1v) is 7.61. The molecule has 1 saturated heterocycles. The highest BCUT2D eigenvalue weighted by molar-refractivity contribution is 7.99. The molecule has 1 aromatic carbocycles. The van der Waals surface area contributed by atoms with E-state index in [1.165, 1.54) is 54.3 Å². The molecular weight excluding hydrogens is 228 g/mol. The Kier molecular flexibility index (Phi) is 3.57. The van der Waals surface area contributed by atoms with Crippen LogP contribution in [0.1, 0.15) is 18.4 Å². The van der Waals surface area contributed by atoms with Gasteiger partial charge < -0.3 is 10.6 Å². The van der Waals surface area contributed by atoms with E-state index in [9.17, 15) is 0 Å². The molecular formula is C14H20N2S. The molecule has 0 atom stereocenters. The van der Waals surface area contributed by atoms with E-state index in [1.54, 1.807) is 0 Å². The van der Waals surface area contributed by atoms with Gasteiger partial charge in [-0.05, 0) is 56.0 Å². The zero-order chi connectivity index (χ0) is 11.5. The Morgan fingerprint density at radius 1 is 1.18 bits per heavy atom. The van der Waals surface area contributed by atoms with Gasteiger partial charge in [-0.3, -0.25) is 0 Å². The van der Waals surface area contributed by atoms with Crippen LogP contribution in [-0.2, 0) is 6.42 Å². The third kappa shape index (κ3) is 2.78. The molecule has 2 N–H and O–H groups in total. The van der Waals surface area contributed by atoms with Crippen molar-refractivity contribution in [2.45, 2.75) is 24.2 Å². The maximum Gasteiger partial charge on any atom is 0.0481 e. The van der Waals surface area contributed by atoms with Crippen LogP contribution < -0.4 is 10.6 Å². The third-order valence-corrected chi connectivity index (χ3v) is 4.78. The van der Waals surface area contributed by atoms with Crippen molar-refractivity contribution in [1.82, 2.24) is 5.32 Å². The molecule has 0 radical (unpaired) electrons. The van der Waals surface area contributed by atoms with Crippen molar-refractivity contribution in [1.29, 1.82) is 0 Å². The van der Waals surface area contributed by atoms with Gasteiger partial charge in [-0.25, -0.2) is 0 Å². The lowest BCUT2D eigenvalue weighted by Crippen LogP contribution is -2.28. The Morgan fingerprint density at radius 2 is 2.06 bits per heavy atom. The highest BCUT2D eigenvalue weighted by Crippen LogP contribution is 2.32. The minimum absolute atomic E-state index is 0.880. The molecule has 0 aliphatic carbocycles. The first kappa shape index (κ1) is 11.4. The summed E-state index contributed by atoms with van der Waals surface area (Å²) in [5, 5.41) is 6.94. The van der Waals surface area contributed by atoms with Crippen molar-refractivity contribution in [2.75, 3.05) is 30.7 Å². The summed E-state index contributed by atoms with van der Waals surface area (Å²) in [5.74, 6) is 2.08. The van der Waals surface area contributed by atoms with Gasteiger partial charge >= 0.3 is 0 Å². The van der Waals surface area contributed by atoms with Crippen molar-refractivity contribution in [2.24, 2.45) is 5.92 Å². The molecule has 92 valence electrons. The van der Waals surface area contributed by atoms with E-state index >= 15 is 0 Å². The third-order valence-electron chi connectivity index (χ3n) is 3.70. The molecule has 2 nitrogen and oxygen atoms in total. The molecule has 0 amide bonds. The average molecular weight is 248 g/mol. The second-order valence-electron chi connectivity index (χ2n) is 5.00. The van der Waals surface area contributed by atoms with Gasteiger partial charge in [0.1, 0.15) is 0 Å². The van der Waals surface area contributed by atoms with E-state index in [1.807, 2.05) is 11.8 Å². The number of hydrogen-bond acceptors (Lipinski definition) is 3. The minimum Gasteiger partial charge on any atom is -0.383 e. The molecule has 2 heterocycles. The van der Waals surface area contributed by atoms with Crippen LogP contribution in [0.3, 0.4) is 0 Å². The molecule has 17 heavy (non-hydrogen) atoms. The Bertz CT molecular complexity index is 386. The summed E-state index contributed by atoms with van der Waals surface area (Å²) in [5.41, 5.74) is 2.86. The molecule has 3 rings (SSSR count). The van der Waals surface area contributed by atoms with E-state index in [2.05, 4.69) is 28.8 Å². The monoisotopic (exact) mass is 248 g/mol. The van der Waals surface area contributed by atoms with Crippen molar-refractivity contribution in [3.05, 3.63) is 23.8 Å². The Balaban J connectivity index is 1.70. The Hall–Kier alpha value is -0.670. The fraction of sp³-hybridized carbons (Fsp3) is 0.571. The normalized spacial score (nSPS) is 20.7. The molecule has 1 aromatic rings. The van der Waals surface area contributed by atoms with Gasteiger partial charge in [0.05, 0.1) is 0 Å². The Morgan fingerprint density at radius 3 is 2.94 bits per heavy atom. The molecule has 0 aromatic heterocycles. The second kappa shape index (κ2) is 5.32. The first-order chi connectivity index (χ1) is 8.42. The number of rotatable bonds is 2. The van der Waals surface area contributed by atoms with Crippen molar-refractivity contribution < 1.29 is 0 Å². The van der Waals surface area contributed by atoms with Gasteiger partial charge in [-0.15, -0.1) is 11.8 Å². The zero-order valence-corrected chi connectivity index (χ0v) is 11.0. The summed E-state index contributed by atoms with van der Waals surface area (Å²) in [4.78, 5) is 1.42. The topological polar surface area (TPSA) is 24.1 Å². The highest BCUT2D eigenvalue weighted by atomic mass is 32.2. The van der Waals surface area contributed by atoms with Crippen LogP contribution in [0.2, 0.25) is 0 Å². The van der Waals surface area contributed by atoms with Gasteiger partial charge in [-0.2, -0.15) is 0 Å². The van der Waals surface area contributed by atoms with E-state index in [0.717, 1.165) is 12.5 Å². The molecule has 2 aliphatic heterocycles. The molecule has 0 spiro atoms. The first-order valence-electron chi connectivity index (χ1n) is 6.62. The summed E-state index contributed by atoms with van der Waals surface area (Å²) in [7, 11) is 0. The Labute approximate surface area is 108 Å². The fourth-order valence-electron chi connectivity index (χ4n) is 2.73. The average Bonchev–Trinajstić information content (AvgIpc) is 2.40. The summed E-state index contributed by atoms with van der Waals surface area (Å²) >= 11 is 1.97. The van der Waals surface area contributed by atoms with Crippen LogP contribution in [0.4, 0.5) is 5.69 Å². The fourth-order valence-corrected chi connectivity index (χ4v) is 3.61. The number of hydrogen-bond donors (Lipinski definition) is 2. The van der Waals surface area contributed by atoms with Crippen molar-refractivity contribution in [3.8, 4) is 0 Å². The van der Waals surface area contributed by atoms with E-state index in [-0.39, 0.29) is 0 Å². The van der Waals surface area contributed by atoms with E-state index in [0.29, 0.717) is 0 Å². The summed E-state index contributed by atoms with van der Waals surface area (Å²) < 4.78 is 0. The predicted octanol–water partition coefficient (Wildman–Crippen LogP) is 2.75. The summed E-state index contributed by atoms with van der Waals surface area (Å²) in [6.07, 6.45) is 3.92. The van der Waals surface area contributed by atoms with Crippen LogP contribution >= 0.6 is 11.8 Å². The standard InChI is InChI=1S/C14H20N2S/c1-2-14-13(16-7-8-17-14)10-12(1)9-11-3-5-15-6-4-11/h1-2,10-11,15-16H,3-9H2. The van der Waals surface area contributed by atoms with Crippen LogP contribution in [0.15, 0.2) is 23.1 Å². The van der Waals surface area contributed by atoms with Crippen LogP contribution in [0, 0.1) is 5.92 Å². The zero-order valence-electron chi connectivity index (χ0n) is 10.2. The van der Waals surface area contributed by atoms with Gasteiger partial charge in [-0.1, -0.05) is 6.07 Å². The number of anilines is 1. The quantitative estimate of drug-likeness (QED) is 0.841. The van der Waals surface area contributed by atoms with E-state index in [4.69, 9.17) is 0 Å². The minimum atomic E-state index is 0.880. The number of nitrogens with one attached hydrogen (secondary N) is 2. The summed E-state index contributed by atoms with van der Waals surface area (Å²) in [6.45, 7) is 3.50. The predicted molar refractivity (Wildman–Crippen MR) is 75.0 cm³/mol. The highest BCUT2D eigenvalue weighted by Gasteiger charge is 2.15. The number of benzene rings is 1. The maximum atomic E-state index is 3.51. The van der Waals surface area contributed by atoms with Gasteiger partial charge in [0, 0.05) is 22.9 Å². The van der Waals surface area contributed by atoms with Crippen LogP contribution in [0.25, 0.3) is 0 Å². The maximum absolute atomic E-state index is 3.51. The summed E-state index contributed by atoms with van der Waals surface area (Å²) in [6, 6.07) is 6.98. The lowest BCUT2D eigenvalue weighted by molar-refractivity contribution is 0.372. The lowest BCUT2D eigenvalue weighted by atomic mass is 9.91. The molecule has 3 heteroatoms. The van der Waals surface area contributed by atoms with Crippen molar-refractivity contribution in [3.63, 3.8) is 0 Å². The lowest BCUT2D eigenvalue weighted by Gasteiger charge is -2.24. The molecule has 0 saturated carbocycles. The van der Waals surface area contributed by atoms with Gasteiger partial charge in [0.25, 0.3) is 0 Å². The molecule has 0 bridgehead atoms. The van der Waals surface area contributed by atoms with Gasteiger partial charge in [0.15, 0.2) is 0 Å². The van der Waals surface area contributed by atoms with E-state index < -0.39 is 0 Å². The van der Waals surface area contributed by atoms with Gasteiger partial charge in [0.2, 0.25) is 0 Å². The second-order valence-corrected chi connectivity index (χ2v) is 6.14. The smallest absolute Gasteiger partial charge is 0.0481 e. The SMILES string of the molecule is c1cc2c(cc1CC1CCNCC1)NCCS2. The molecule has 1 fully saturated rings. The largest absolute Gasteiger partial charge is 0.383 e. The van der Waals surface area contributed by atoms with Crippen LogP contribution in [0.5, 0.6) is 0 Å². The molecule has 0 unspecified atom stereocenters. The van der Waals surface area contributed by atoms with Crippen molar-refractivity contribution >= 4 is 17.4 Å². The molecule has 2 aliphatic rings.